The van der Waals surface area contributed by atoms with Crippen LogP contribution in [0.1, 0.15) is 44.7 Å². The number of benzene rings is 1. The largest absolute Gasteiger partial charge is 0.323 e. The van der Waals surface area contributed by atoms with Crippen molar-refractivity contribution < 1.29 is 4.39 Å². The molecule has 0 aromatic heterocycles. The molecule has 1 aliphatic heterocycles. The fourth-order valence-corrected chi connectivity index (χ4v) is 2.88. The van der Waals surface area contributed by atoms with Gasteiger partial charge in [0.2, 0.25) is 0 Å². The number of nitrogens with two attached hydrogens (primary N) is 1. The minimum atomic E-state index is -0.202. The Morgan fingerprint density at radius 1 is 1.21 bits per heavy atom. The van der Waals surface area contributed by atoms with Crippen LogP contribution in [-0.4, -0.2) is 24.0 Å². The third kappa shape index (κ3) is 3.77. The van der Waals surface area contributed by atoms with Gasteiger partial charge in [-0.1, -0.05) is 19.1 Å². The molecule has 3 atom stereocenters. The van der Waals surface area contributed by atoms with Gasteiger partial charge in [0.05, 0.1) is 0 Å². The van der Waals surface area contributed by atoms with Crippen LogP contribution in [0.2, 0.25) is 0 Å². The summed E-state index contributed by atoms with van der Waals surface area (Å²) in [5.41, 5.74) is 7.36. The molecule has 0 aliphatic carbocycles. The van der Waals surface area contributed by atoms with Crippen LogP contribution in [0.4, 0.5) is 4.39 Å². The molecule has 19 heavy (non-hydrogen) atoms. The molecule has 0 radical (unpaired) electrons. The van der Waals surface area contributed by atoms with Crippen LogP contribution < -0.4 is 5.73 Å². The van der Waals surface area contributed by atoms with E-state index in [1.54, 1.807) is 12.1 Å². The molecule has 3 heteroatoms. The zero-order chi connectivity index (χ0) is 13.8. The van der Waals surface area contributed by atoms with Crippen molar-refractivity contribution in [1.29, 1.82) is 0 Å². The van der Waals surface area contributed by atoms with Crippen molar-refractivity contribution in [2.45, 2.75) is 45.2 Å². The SMILES string of the molecule is CC1CCCN(C(C)C(N)c2ccc(F)cc2)CC1. The van der Waals surface area contributed by atoms with Crippen LogP contribution in [0.3, 0.4) is 0 Å². The Labute approximate surface area is 115 Å². The van der Waals surface area contributed by atoms with E-state index in [4.69, 9.17) is 5.73 Å². The van der Waals surface area contributed by atoms with E-state index in [0.717, 1.165) is 24.6 Å². The average molecular weight is 264 g/mol. The summed E-state index contributed by atoms with van der Waals surface area (Å²) < 4.78 is 13.0. The topological polar surface area (TPSA) is 29.3 Å². The summed E-state index contributed by atoms with van der Waals surface area (Å²) in [7, 11) is 0. The third-order valence-corrected chi connectivity index (χ3v) is 4.40. The van der Waals surface area contributed by atoms with Crippen LogP contribution in [0.5, 0.6) is 0 Å². The predicted octanol–water partition coefficient (Wildman–Crippen LogP) is 3.34. The maximum Gasteiger partial charge on any atom is 0.123 e. The number of hydrogen-bond donors (Lipinski definition) is 1. The van der Waals surface area contributed by atoms with Crippen molar-refractivity contribution in [2.24, 2.45) is 11.7 Å². The highest BCUT2D eigenvalue weighted by Crippen LogP contribution is 2.23. The van der Waals surface area contributed by atoms with Gasteiger partial charge < -0.3 is 5.73 Å². The van der Waals surface area contributed by atoms with Crippen molar-refractivity contribution in [3.63, 3.8) is 0 Å². The van der Waals surface area contributed by atoms with Gasteiger partial charge in [0.15, 0.2) is 0 Å². The molecule has 0 spiro atoms. The third-order valence-electron chi connectivity index (χ3n) is 4.40. The van der Waals surface area contributed by atoms with Gasteiger partial charge in [0.25, 0.3) is 0 Å². The highest BCUT2D eigenvalue weighted by molar-refractivity contribution is 5.21. The summed E-state index contributed by atoms with van der Waals surface area (Å²) in [6, 6.07) is 6.84. The van der Waals surface area contributed by atoms with E-state index in [9.17, 15) is 4.39 Å². The van der Waals surface area contributed by atoms with Gasteiger partial charge in [-0.2, -0.15) is 0 Å². The fourth-order valence-electron chi connectivity index (χ4n) is 2.88. The predicted molar refractivity (Wildman–Crippen MR) is 77.4 cm³/mol. The first-order chi connectivity index (χ1) is 9.08. The van der Waals surface area contributed by atoms with Gasteiger partial charge in [-0.05, 0) is 62.9 Å². The van der Waals surface area contributed by atoms with Gasteiger partial charge >= 0.3 is 0 Å². The number of rotatable bonds is 3. The van der Waals surface area contributed by atoms with Gasteiger partial charge in [0.1, 0.15) is 5.82 Å². The van der Waals surface area contributed by atoms with E-state index in [1.165, 1.54) is 31.4 Å². The molecule has 1 fully saturated rings. The number of hydrogen-bond acceptors (Lipinski definition) is 2. The standard InChI is InChI=1S/C16H25FN2/c1-12-4-3-10-19(11-9-12)13(2)16(18)14-5-7-15(17)8-6-14/h5-8,12-13,16H,3-4,9-11,18H2,1-2H3. The molecule has 1 aromatic carbocycles. The Morgan fingerprint density at radius 3 is 2.58 bits per heavy atom. The normalized spacial score (nSPS) is 24.7. The van der Waals surface area contributed by atoms with Crippen molar-refractivity contribution in [3.05, 3.63) is 35.6 Å². The molecular formula is C16H25FN2. The van der Waals surface area contributed by atoms with E-state index < -0.39 is 0 Å². The van der Waals surface area contributed by atoms with Crippen LogP contribution in [-0.2, 0) is 0 Å². The van der Waals surface area contributed by atoms with Gasteiger partial charge in [-0.25, -0.2) is 4.39 Å². The average Bonchev–Trinajstić information content (AvgIpc) is 2.63. The van der Waals surface area contributed by atoms with Gasteiger partial charge in [0, 0.05) is 12.1 Å². The lowest BCUT2D eigenvalue weighted by atomic mass is 10.00. The van der Waals surface area contributed by atoms with Gasteiger partial charge in [-0.15, -0.1) is 0 Å². The van der Waals surface area contributed by atoms with Gasteiger partial charge in [-0.3, -0.25) is 4.90 Å². The molecule has 0 amide bonds. The molecule has 1 aliphatic rings. The molecule has 2 rings (SSSR count). The molecule has 3 unspecified atom stereocenters. The zero-order valence-corrected chi connectivity index (χ0v) is 12.0. The first kappa shape index (κ1) is 14.5. The monoisotopic (exact) mass is 264 g/mol. The first-order valence-corrected chi connectivity index (χ1v) is 7.33. The molecule has 2 N–H and O–H groups in total. The first-order valence-electron chi connectivity index (χ1n) is 7.33. The summed E-state index contributed by atoms with van der Waals surface area (Å²) in [4.78, 5) is 2.48. The lowest BCUT2D eigenvalue weighted by Gasteiger charge is -2.32. The summed E-state index contributed by atoms with van der Waals surface area (Å²) in [6.07, 6.45) is 3.82. The summed E-state index contributed by atoms with van der Waals surface area (Å²) in [5, 5.41) is 0. The molecule has 106 valence electrons. The Kier molecular flexibility index (Phi) is 4.94. The molecule has 1 saturated heterocycles. The maximum atomic E-state index is 13.0. The highest BCUT2D eigenvalue weighted by Gasteiger charge is 2.23. The fraction of sp³-hybridized carbons (Fsp3) is 0.625. The number of likely N-dealkylation sites (tertiary alicyclic amines) is 1. The lowest BCUT2D eigenvalue weighted by Crippen LogP contribution is -2.41. The quantitative estimate of drug-likeness (QED) is 0.907. The molecule has 0 bridgehead atoms. The van der Waals surface area contributed by atoms with E-state index in [0.29, 0.717) is 6.04 Å². The van der Waals surface area contributed by atoms with E-state index in [-0.39, 0.29) is 11.9 Å². The van der Waals surface area contributed by atoms with Crippen LogP contribution >= 0.6 is 0 Å². The van der Waals surface area contributed by atoms with Crippen LogP contribution in [0, 0.1) is 11.7 Å². The number of halogens is 1. The Hall–Kier alpha value is -0.930. The Bertz CT molecular complexity index is 390. The highest BCUT2D eigenvalue weighted by atomic mass is 19.1. The molecule has 0 saturated carbocycles. The second-order valence-electron chi connectivity index (χ2n) is 5.89. The lowest BCUT2D eigenvalue weighted by molar-refractivity contribution is 0.189. The van der Waals surface area contributed by atoms with Crippen LogP contribution in [0.15, 0.2) is 24.3 Å². The van der Waals surface area contributed by atoms with E-state index in [1.807, 2.05) is 0 Å². The van der Waals surface area contributed by atoms with Crippen molar-refractivity contribution in [2.75, 3.05) is 13.1 Å². The van der Waals surface area contributed by atoms with Crippen molar-refractivity contribution in [1.82, 2.24) is 4.90 Å². The van der Waals surface area contributed by atoms with Crippen molar-refractivity contribution >= 4 is 0 Å². The van der Waals surface area contributed by atoms with E-state index >= 15 is 0 Å². The second kappa shape index (κ2) is 6.49. The molecule has 1 heterocycles. The van der Waals surface area contributed by atoms with Crippen LogP contribution in [0.25, 0.3) is 0 Å². The number of nitrogens with zero attached hydrogens (tertiary/aromatic N) is 1. The maximum absolute atomic E-state index is 13.0. The second-order valence-corrected chi connectivity index (χ2v) is 5.89. The Balaban J connectivity index is 2.01. The Morgan fingerprint density at radius 2 is 1.89 bits per heavy atom. The molecular weight excluding hydrogens is 239 g/mol. The van der Waals surface area contributed by atoms with Crippen molar-refractivity contribution in [3.8, 4) is 0 Å². The summed E-state index contributed by atoms with van der Waals surface area (Å²) in [5.74, 6) is 0.617. The minimum Gasteiger partial charge on any atom is -0.323 e. The van der Waals surface area contributed by atoms with E-state index in [2.05, 4.69) is 18.7 Å². The molecule has 1 aromatic rings. The minimum absolute atomic E-state index is 0.0472. The molecule has 2 nitrogen and oxygen atoms in total. The zero-order valence-electron chi connectivity index (χ0n) is 12.0. The smallest absolute Gasteiger partial charge is 0.123 e. The summed E-state index contributed by atoms with van der Waals surface area (Å²) in [6.45, 7) is 6.76. The summed E-state index contributed by atoms with van der Waals surface area (Å²) >= 11 is 0.